The number of hydrogen-bond acceptors (Lipinski definition) is 5. The van der Waals surface area contributed by atoms with Crippen molar-refractivity contribution in [3.8, 4) is 0 Å². The van der Waals surface area contributed by atoms with Crippen LogP contribution in [0, 0.1) is 5.82 Å². The Bertz CT molecular complexity index is 1220. The van der Waals surface area contributed by atoms with E-state index in [-0.39, 0.29) is 18.4 Å². The molecule has 194 valence electrons. The topological polar surface area (TPSA) is 90.0 Å². The summed E-state index contributed by atoms with van der Waals surface area (Å²) in [5.41, 5.74) is 1.64. The molecular formula is C26H33FN4O4S. The van der Waals surface area contributed by atoms with Crippen molar-refractivity contribution in [3.05, 3.63) is 65.5 Å². The molecule has 0 aliphatic carbocycles. The molecule has 4 rings (SSSR count). The molecule has 0 spiro atoms. The Morgan fingerprint density at radius 3 is 2.44 bits per heavy atom. The molecular weight excluding hydrogens is 483 g/mol. The molecule has 2 unspecified atom stereocenters. The number of likely N-dealkylation sites (N-methyl/N-ethyl adjacent to an activating group) is 1. The second-order valence-corrected chi connectivity index (χ2v) is 11.4. The van der Waals surface area contributed by atoms with E-state index in [0.717, 1.165) is 5.56 Å². The van der Waals surface area contributed by atoms with Gasteiger partial charge in [0.25, 0.3) is 0 Å². The van der Waals surface area contributed by atoms with Gasteiger partial charge in [-0.3, -0.25) is 9.59 Å². The van der Waals surface area contributed by atoms with Crippen molar-refractivity contribution in [2.75, 3.05) is 38.1 Å². The minimum atomic E-state index is -3.67. The van der Waals surface area contributed by atoms with Crippen LogP contribution in [0.15, 0.2) is 48.5 Å². The lowest BCUT2D eigenvalue weighted by Crippen LogP contribution is -2.60. The first-order chi connectivity index (χ1) is 17.1. The van der Waals surface area contributed by atoms with Crippen LogP contribution in [-0.2, 0) is 19.6 Å². The number of halogens is 1. The van der Waals surface area contributed by atoms with Crippen molar-refractivity contribution in [1.29, 1.82) is 0 Å². The van der Waals surface area contributed by atoms with Crippen molar-refractivity contribution in [3.63, 3.8) is 0 Å². The fraction of sp³-hybridized carbons (Fsp3) is 0.462. The summed E-state index contributed by atoms with van der Waals surface area (Å²) in [7, 11) is -2.15. The monoisotopic (exact) mass is 516 g/mol. The molecule has 2 aromatic carbocycles. The average molecular weight is 517 g/mol. The number of carbonyl (C=O) groups is 2. The first-order valence-electron chi connectivity index (χ1n) is 12.2. The zero-order valence-electron chi connectivity index (χ0n) is 20.9. The molecule has 8 nitrogen and oxygen atoms in total. The molecule has 2 amide bonds. The van der Waals surface area contributed by atoms with E-state index in [4.69, 9.17) is 0 Å². The van der Waals surface area contributed by atoms with Gasteiger partial charge in [0.15, 0.2) is 0 Å². The van der Waals surface area contributed by atoms with E-state index < -0.39 is 33.2 Å². The largest absolute Gasteiger partial charge is 0.367 e. The zero-order chi connectivity index (χ0) is 26.0. The number of sulfonamides is 1. The first-order valence-corrected chi connectivity index (χ1v) is 13.7. The number of amides is 2. The standard InChI is InChI=1S/C26H33FN4O4S/c1-18(31-13-7-10-25(36(31,34)35)20-8-5-4-6-9-20)22-12-11-21(16-23(22)27)29-14-15-30(19(2)32)24(17-29)26(33)28-3/h4-6,8-9,11-12,16,18,24-25H,7,10,13-15,17H2,1-3H3,(H,28,33)/t18?,24-,25?/m0/s1. The van der Waals surface area contributed by atoms with Crippen molar-refractivity contribution < 1.29 is 22.4 Å². The van der Waals surface area contributed by atoms with Gasteiger partial charge in [-0.05, 0) is 37.5 Å². The van der Waals surface area contributed by atoms with Crippen LogP contribution in [0.1, 0.15) is 49.1 Å². The third kappa shape index (κ3) is 4.97. The lowest BCUT2D eigenvalue weighted by molar-refractivity contribution is -0.139. The van der Waals surface area contributed by atoms with Gasteiger partial charge in [-0.2, -0.15) is 4.31 Å². The summed E-state index contributed by atoms with van der Waals surface area (Å²) in [6.07, 6.45) is 1.24. The Morgan fingerprint density at radius 2 is 1.81 bits per heavy atom. The van der Waals surface area contributed by atoms with Crippen molar-refractivity contribution in [1.82, 2.24) is 14.5 Å². The van der Waals surface area contributed by atoms with Gasteiger partial charge in [-0.25, -0.2) is 12.8 Å². The van der Waals surface area contributed by atoms with Crippen LogP contribution >= 0.6 is 0 Å². The maximum atomic E-state index is 15.4. The molecule has 2 aliphatic heterocycles. The lowest BCUT2D eigenvalue weighted by Gasteiger charge is -2.41. The van der Waals surface area contributed by atoms with Crippen molar-refractivity contribution in [2.24, 2.45) is 0 Å². The predicted octanol–water partition coefficient (Wildman–Crippen LogP) is 2.84. The number of nitrogens with zero attached hydrogens (tertiary/aromatic N) is 3. The molecule has 1 N–H and O–H groups in total. The summed E-state index contributed by atoms with van der Waals surface area (Å²) in [6, 6.07) is 12.6. The second kappa shape index (κ2) is 10.6. The quantitative estimate of drug-likeness (QED) is 0.660. The van der Waals surface area contributed by atoms with Crippen LogP contribution < -0.4 is 10.2 Å². The summed E-state index contributed by atoms with van der Waals surface area (Å²) < 4.78 is 43.8. The van der Waals surface area contributed by atoms with E-state index in [0.29, 0.717) is 43.7 Å². The van der Waals surface area contributed by atoms with Gasteiger partial charge >= 0.3 is 0 Å². The Labute approximate surface area is 212 Å². The lowest BCUT2D eigenvalue weighted by atomic mass is 10.0. The summed E-state index contributed by atoms with van der Waals surface area (Å²) in [5.74, 6) is -0.957. The summed E-state index contributed by atoms with van der Waals surface area (Å²) in [5, 5.41) is 1.95. The first kappa shape index (κ1) is 26.1. The van der Waals surface area contributed by atoms with Crippen LogP contribution in [0.4, 0.5) is 10.1 Å². The average Bonchev–Trinajstić information content (AvgIpc) is 2.87. The highest BCUT2D eigenvalue weighted by Crippen LogP contribution is 2.39. The number of nitrogens with one attached hydrogen (secondary N) is 1. The fourth-order valence-electron chi connectivity index (χ4n) is 5.28. The van der Waals surface area contributed by atoms with Gasteiger partial charge in [-0.15, -0.1) is 0 Å². The minimum absolute atomic E-state index is 0.185. The van der Waals surface area contributed by atoms with E-state index in [1.807, 2.05) is 35.2 Å². The molecule has 3 atom stereocenters. The highest BCUT2D eigenvalue weighted by molar-refractivity contribution is 7.89. The van der Waals surface area contributed by atoms with E-state index in [1.54, 1.807) is 19.1 Å². The van der Waals surface area contributed by atoms with Crippen LogP contribution in [0.25, 0.3) is 0 Å². The molecule has 10 heteroatoms. The maximum Gasteiger partial charge on any atom is 0.244 e. The van der Waals surface area contributed by atoms with E-state index >= 15 is 4.39 Å². The molecule has 2 saturated heterocycles. The number of rotatable bonds is 5. The van der Waals surface area contributed by atoms with Crippen LogP contribution in [-0.4, -0.2) is 68.7 Å². The van der Waals surface area contributed by atoms with Crippen LogP contribution in [0.5, 0.6) is 0 Å². The zero-order valence-corrected chi connectivity index (χ0v) is 21.7. The highest BCUT2D eigenvalue weighted by atomic mass is 32.2. The van der Waals surface area contributed by atoms with E-state index in [2.05, 4.69) is 5.32 Å². The summed E-state index contributed by atoms with van der Waals surface area (Å²) in [4.78, 5) is 27.7. The Kier molecular flexibility index (Phi) is 7.65. The minimum Gasteiger partial charge on any atom is -0.367 e. The smallest absolute Gasteiger partial charge is 0.244 e. The number of carbonyl (C=O) groups excluding carboxylic acids is 2. The normalized spacial score (nSPS) is 23.2. The maximum absolute atomic E-state index is 15.4. The SMILES string of the molecule is CNC(=O)[C@@H]1CN(c2ccc(C(C)N3CCCC(c4ccccc4)S3(=O)=O)c(F)c2)CCN1C(C)=O. The van der Waals surface area contributed by atoms with Gasteiger partial charge in [0.1, 0.15) is 17.1 Å². The van der Waals surface area contributed by atoms with Crippen LogP contribution in [0.2, 0.25) is 0 Å². The van der Waals surface area contributed by atoms with Gasteiger partial charge in [-0.1, -0.05) is 36.4 Å². The van der Waals surface area contributed by atoms with E-state index in [9.17, 15) is 18.0 Å². The molecule has 0 bridgehead atoms. The van der Waals surface area contributed by atoms with Gasteiger partial charge in [0.2, 0.25) is 21.8 Å². The van der Waals surface area contributed by atoms with E-state index in [1.165, 1.54) is 29.2 Å². The van der Waals surface area contributed by atoms with Crippen LogP contribution in [0.3, 0.4) is 0 Å². The molecule has 2 fully saturated rings. The molecule has 0 aromatic heterocycles. The Morgan fingerprint density at radius 1 is 1.08 bits per heavy atom. The highest BCUT2D eigenvalue weighted by Gasteiger charge is 2.40. The Hall–Kier alpha value is -2.98. The number of benzene rings is 2. The second-order valence-electron chi connectivity index (χ2n) is 9.37. The van der Waals surface area contributed by atoms with Crippen molar-refractivity contribution >= 4 is 27.5 Å². The number of hydrogen-bond donors (Lipinski definition) is 1. The molecule has 36 heavy (non-hydrogen) atoms. The molecule has 0 radical (unpaired) electrons. The molecule has 2 aliphatic rings. The number of piperazine rings is 1. The third-order valence-corrected chi connectivity index (χ3v) is 9.65. The third-order valence-electron chi connectivity index (χ3n) is 7.27. The molecule has 0 saturated carbocycles. The van der Waals surface area contributed by atoms with Gasteiger partial charge in [0, 0.05) is 57.4 Å². The molecule has 2 aromatic rings. The van der Waals surface area contributed by atoms with Crippen molar-refractivity contribution in [2.45, 2.75) is 44.0 Å². The Balaban J connectivity index is 1.55. The van der Waals surface area contributed by atoms with Gasteiger partial charge < -0.3 is 15.1 Å². The molecule has 2 heterocycles. The predicted molar refractivity (Wildman–Crippen MR) is 136 cm³/mol. The summed E-state index contributed by atoms with van der Waals surface area (Å²) >= 11 is 0. The number of anilines is 1. The summed E-state index contributed by atoms with van der Waals surface area (Å²) in [6.45, 7) is 4.54. The fourth-order valence-corrected chi connectivity index (χ4v) is 7.51. The van der Waals surface area contributed by atoms with Gasteiger partial charge in [0.05, 0.1) is 0 Å².